The Labute approximate surface area is 95.6 Å². The molecule has 1 aromatic heterocycles. The molecule has 0 bridgehead atoms. The number of aromatic carboxylic acids is 1. The van der Waals surface area contributed by atoms with Crippen molar-refractivity contribution in [3.63, 3.8) is 0 Å². The minimum Gasteiger partial charge on any atom is -0.477 e. The number of hydrogen-bond acceptors (Lipinski definition) is 5. The molecule has 1 unspecified atom stereocenters. The maximum Gasteiger partial charge on any atom is 0.345 e. The van der Waals surface area contributed by atoms with Gasteiger partial charge in [-0.05, 0) is 12.1 Å². The number of thiophene rings is 1. The smallest absolute Gasteiger partial charge is 0.345 e. The first-order valence-electron chi connectivity index (χ1n) is 4.32. The summed E-state index contributed by atoms with van der Waals surface area (Å²) in [6, 6.07) is 3.35. The van der Waals surface area contributed by atoms with Crippen LogP contribution in [-0.4, -0.2) is 39.8 Å². The van der Waals surface area contributed by atoms with Crippen LogP contribution in [0, 0.1) is 0 Å². The molecule has 3 N–H and O–H groups in total. The summed E-state index contributed by atoms with van der Waals surface area (Å²) in [6.45, 7) is -0.238. The van der Waals surface area contributed by atoms with Gasteiger partial charge in [0.25, 0.3) is 0 Å². The van der Waals surface area contributed by atoms with Crippen molar-refractivity contribution < 1.29 is 20.1 Å². The standard InChI is InChI=1S/C9H12O4S2/c10-3-6(11)4-14-5-7-1-2-8(15-7)9(12)13/h1-2,6,10-11H,3-5H2,(H,12,13). The van der Waals surface area contributed by atoms with Crippen LogP contribution in [-0.2, 0) is 5.75 Å². The lowest BCUT2D eigenvalue weighted by Gasteiger charge is -2.04. The fraction of sp³-hybridized carbons (Fsp3) is 0.444. The predicted molar refractivity (Wildman–Crippen MR) is 60.5 cm³/mol. The van der Waals surface area contributed by atoms with Gasteiger partial charge in [0.1, 0.15) is 4.88 Å². The zero-order chi connectivity index (χ0) is 11.3. The topological polar surface area (TPSA) is 77.8 Å². The van der Waals surface area contributed by atoms with Crippen molar-refractivity contribution in [2.75, 3.05) is 12.4 Å². The fourth-order valence-electron chi connectivity index (χ4n) is 0.919. The summed E-state index contributed by atoms with van der Waals surface area (Å²) < 4.78 is 0. The van der Waals surface area contributed by atoms with Crippen LogP contribution in [0.4, 0.5) is 0 Å². The first-order chi connectivity index (χ1) is 7.13. The third-order valence-electron chi connectivity index (χ3n) is 1.64. The highest BCUT2D eigenvalue weighted by Gasteiger charge is 2.07. The van der Waals surface area contributed by atoms with E-state index in [9.17, 15) is 4.79 Å². The molecular weight excluding hydrogens is 236 g/mol. The van der Waals surface area contributed by atoms with Crippen molar-refractivity contribution in [2.24, 2.45) is 0 Å². The third-order valence-corrected chi connectivity index (χ3v) is 4.03. The van der Waals surface area contributed by atoms with Gasteiger partial charge in [-0.15, -0.1) is 11.3 Å². The van der Waals surface area contributed by atoms with Crippen LogP contribution >= 0.6 is 23.1 Å². The average molecular weight is 248 g/mol. The van der Waals surface area contributed by atoms with Gasteiger partial charge in [0, 0.05) is 16.4 Å². The molecule has 0 aliphatic rings. The lowest BCUT2D eigenvalue weighted by atomic mass is 10.4. The monoisotopic (exact) mass is 248 g/mol. The number of thioether (sulfide) groups is 1. The van der Waals surface area contributed by atoms with Gasteiger partial charge >= 0.3 is 5.97 Å². The Morgan fingerprint density at radius 1 is 1.53 bits per heavy atom. The van der Waals surface area contributed by atoms with Crippen LogP contribution < -0.4 is 0 Å². The van der Waals surface area contributed by atoms with Crippen molar-refractivity contribution in [3.8, 4) is 0 Å². The van der Waals surface area contributed by atoms with Crippen LogP contribution in [0.1, 0.15) is 14.5 Å². The molecule has 0 saturated carbocycles. The highest BCUT2D eigenvalue weighted by Crippen LogP contribution is 2.21. The minimum atomic E-state index is -0.911. The molecule has 1 rings (SSSR count). The molecule has 0 saturated heterocycles. The molecule has 15 heavy (non-hydrogen) atoms. The average Bonchev–Trinajstić information content (AvgIpc) is 2.66. The first kappa shape index (κ1) is 12.5. The number of rotatable bonds is 6. The van der Waals surface area contributed by atoms with E-state index in [1.165, 1.54) is 23.1 Å². The largest absolute Gasteiger partial charge is 0.477 e. The first-order valence-corrected chi connectivity index (χ1v) is 6.29. The quantitative estimate of drug-likeness (QED) is 0.701. The molecule has 4 nitrogen and oxygen atoms in total. The number of carboxylic acid groups (broad SMARTS) is 1. The van der Waals surface area contributed by atoms with Crippen LogP contribution in [0.5, 0.6) is 0 Å². The van der Waals surface area contributed by atoms with Crippen molar-refractivity contribution in [3.05, 3.63) is 21.9 Å². The van der Waals surface area contributed by atoms with E-state index in [0.29, 0.717) is 16.4 Å². The van der Waals surface area contributed by atoms with Gasteiger partial charge in [-0.25, -0.2) is 4.79 Å². The number of hydrogen-bond donors (Lipinski definition) is 3. The van der Waals surface area contributed by atoms with Crippen molar-refractivity contribution in [2.45, 2.75) is 11.9 Å². The van der Waals surface area contributed by atoms with Gasteiger partial charge < -0.3 is 15.3 Å². The van der Waals surface area contributed by atoms with Crippen molar-refractivity contribution >= 4 is 29.1 Å². The second-order valence-electron chi connectivity index (χ2n) is 2.92. The number of aliphatic hydroxyl groups is 2. The summed E-state index contributed by atoms with van der Waals surface area (Å²) in [5.41, 5.74) is 0. The lowest BCUT2D eigenvalue weighted by Crippen LogP contribution is -2.14. The van der Waals surface area contributed by atoms with Gasteiger partial charge in [0.15, 0.2) is 0 Å². The molecule has 1 heterocycles. The molecule has 1 aromatic rings. The molecular formula is C9H12O4S2. The van der Waals surface area contributed by atoms with E-state index in [1.54, 1.807) is 12.1 Å². The molecule has 1 atom stereocenters. The van der Waals surface area contributed by atoms with Gasteiger partial charge in [-0.3, -0.25) is 0 Å². The molecule has 0 aliphatic heterocycles. The van der Waals surface area contributed by atoms with Crippen LogP contribution in [0.3, 0.4) is 0 Å². The summed E-state index contributed by atoms with van der Waals surface area (Å²) in [7, 11) is 0. The fourth-order valence-corrected chi connectivity index (χ4v) is 2.84. The van der Waals surface area contributed by atoms with E-state index in [0.717, 1.165) is 4.88 Å². The number of aliphatic hydroxyl groups excluding tert-OH is 2. The van der Waals surface area contributed by atoms with Crippen LogP contribution in [0.15, 0.2) is 12.1 Å². The Balaban J connectivity index is 2.35. The summed E-state index contributed by atoms with van der Waals surface area (Å²) in [4.78, 5) is 11.9. The Morgan fingerprint density at radius 2 is 2.27 bits per heavy atom. The van der Waals surface area contributed by atoms with E-state index in [2.05, 4.69) is 0 Å². The molecule has 6 heteroatoms. The maximum absolute atomic E-state index is 10.6. The van der Waals surface area contributed by atoms with E-state index < -0.39 is 12.1 Å². The number of carbonyl (C=O) groups is 1. The maximum atomic E-state index is 10.6. The SMILES string of the molecule is O=C(O)c1ccc(CSCC(O)CO)s1. The highest BCUT2D eigenvalue weighted by atomic mass is 32.2. The number of carboxylic acids is 1. The van der Waals surface area contributed by atoms with Gasteiger partial charge in [0.05, 0.1) is 12.7 Å². The predicted octanol–water partition coefficient (Wildman–Crippen LogP) is 1.03. The van der Waals surface area contributed by atoms with Gasteiger partial charge in [-0.2, -0.15) is 11.8 Å². The Hall–Kier alpha value is -0.560. The second kappa shape index (κ2) is 6.12. The van der Waals surface area contributed by atoms with E-state index in [4.69, 9.17) is 15.3 Å². The van der Waals surface area contributed by atoms with E-state index in [-0.39, 0.29) is 6.61 Å². The Kier molecular flexibility index (Phi) is 5.10. The Bertz CT molecular complexity index is 324. The molecule has 0 spiro atoms. The normalized spacial score (nSPS) is 12.7. The van der Waals surface area contributed by atoms with Crippen LogP contribution in [0.25, 0.3) is 0 Å². The van der Waals surface area contributed by atoms with Crippen LogP contribution in [0.2, 0.25) is 0 Å². The summed E-state index contributed by atoms with van der Waals surface area (Å²) >= 11 is 2.71. The molecule has 0 amide bonds. The highest BCUT2D eigenvalue weighted by molar-refractivity contribution is 7.98. The molecule has 0 aliphatic carbocycles. The minimum absolute atomic E-state index is 0.238. The third kappa shape index (κ3) is 4.21. The molecule has 0 fully saturated rings. The Morgan fingerprint density at radius 3 is 2.80 bits per heavy atom. The summed E-state index contributed by atoms with van der Waals surface area (Å²) in [5, 5.41) is 26.3. The molecule has 0 radical (unpaired) electrons. The van der Waals surface area contributed by atoms with Crippen molar-refractivity contribution in [1.29, 1.82) is 0 Å². The summed E-state index contributed by atoms with van der Waals surface area (Å²) in [6.07, 6.45) is -0.700. The zero-order valence-corrected chi connectivity index (χ0v) is 9.55. The van der Waals surface area contributed by atoms with Gasteiger partial charge in [-0.1, -0.05) is 0 Å². The van der Waals surface area contributed by atoms with Crippen molar-refractivity contribution in [1.82, 2.24) is 0 Å². The zero-order valence-electron chi connectivity index (χ0n) is 7.92. The van der Waals surface area contributed by atoms with E-state index >= 15 is 0 Å². The molecule has 84 valence electrons. The van der Waals surface area contributed by atoms with Gasteiger partial charge in [0.2, 0.25) is 0 Å². The molecule has 0 aromatic carbocycles. The second-order valence-corrected chi connectivity index (χ2v) is 5.12. The van der Waals surface area contributed by atoms with E-state index in [1.807, 2.05) is 0 Å². The summed E-state index contributed by atoms with van der Waals surface area (Å²) in [5.74, 6) is 0.206. The lowest BCUT2D eigenvalue weighted by molar-refractivity contribution is 0.0702.